The van der Waals surface area contributed by atoms with Crippen molar-refractivity contribution in [3.8, 4) is 0 Å². The third-order valence-corrected chi connectivity index (χ3v) is 2.10. The van der Waals surface area contributed by atoms with Gasteiger partial charge in [-0.25, -0.2) is 0 Å². The monoisotopic (exact) mass is 194 g/mol. The molecule has 0 aliphatic carbocycles. The average Bonchev–Trinajstić information content (AvgIpc) is 2.69. The van der Waals surface area contributed by atoms with Gasteiger partial charge in [0.1, 0.15) is 12.1 Å². The molecule has 14 heavy (non-hydrogen) atoms. The van der Waals surface area contributed by atoms with E-state index >= 15 is 0 Å². The lowest BCUT2D eigenvalue weighted by molar-refractivity contribution is 0.414. The van der Waals surface area contributed by atoms with Crippen molar-refractivity contribution in [2.24, 2.45) is 0 Å². The van der Waals surface area contributed by atoms with Crippen LogP contribution in [-0.2, 0) is 0 Å². The first-order chi connectivity index (χ1) is 6.79. The normalized spacial score (nSPS) is 10.1. The Bertz CT molecular complexity index is 261. The molecule has 0 spiro atoms. The standard InChI is InChI=1S/C11H18N2O/c1-3-6-13(7-4-2)11(12)10-5-8-14-9-10/h5,8-9,12H,3-4,6-7H2,1-2H3. The molecule has 0 bridgehead atoms. The Morgan fingerprint density at radius 1 is 1.36 bits per heavy atom. The van der Waals surface area contributed by atoms with Crippen molar-refractivity contribution in [1.29, 1.82) is 5.41 Å². The molecular formula is C11H18N2O. The Morgan fingerprint density at radius 2 is 2.00 bits per heavy atom. The fraction of sp³-hybridized carbons (Fsp3) is 0.545. The second-order valence-electron chi connectivity index (χ2n) is 3.35. The largest absolute Gasteiger partial charge is 0.472 e. The van der Waals surface area contributed by atoms with Gasteiger partial charge in [0.15, 0.2) is 0 Å². The molecule has 0 unspecified atom stereocenters. The lowest BCUT2D eigenvalue weighted by Crippen LogP contribution is -2.32. The summed E-state index contributed by atoms with van der Waals surface area (Å²) < 4.78 is 4.97. The van der Waals surface area contributed by atoms with Crippen molar-refractivity contribution in [2.45, 2.75) is 26.7 Å². The maximum absolute atomic E-state index is 7.98. The fourth-order valence-corrected chi connectivity index (χ4v) is 1.46. The van der Waals surface area contributed by atoms with Gasteiger partial charge in [0, 0.05) is 13.1 Å². The number of rotatable bonds is 5. The molecule has 0 amide bonds. The van der Waals surface area contributed by atoms with Crippen LogP contribution in [0.1, 0.15) is 32.3 Å². The van der Waals surface area contributed by atoms with Crippen molar-refractivity contribution in [1.82, 2.24) is 4.90 Å². The summed E-state index contributed by atoms with van der Waals surface area (Å²) in [6.45, 7) is 6.15. The molecule has 0 saturated heterocycles. The zero-order chi connectivity index (χ0) is 10.4. The first-order valence-corrected chi connectivity index (χ1v) is 5.15. The molecule has 1 heterocycles. The lowest BCUT2D eigenvalue weighted by atomic mass is 10.2. The predicted molar refractivity (Wildman–Crippen MR) is 57.7 cm³/mol. The van der Waals surface area contributed by atoms with E-state index < -0.39 is 0 Å². The van der Waals surface area contributed by atoms with E-state index in [2.05, 4.69) is 18.7 Å². The third kappa shape index (κ3) is 2.62. The number of hydrogen-bond acceptors (Lipinski definition) is 2. The molecule has 0 aromatic carbocycles. The Labute approximate surface area is 85.2 Å². The van der Waals surface area contributed by atoms with Crippen molar-refractivity contribution in [2.75, 3.05) is 13.1 Å². The number of furan rings is 1. The lowest BCUT2D eigenvalue weighted by Gasteiger charge is -2.23. The van der Waals surface area contributed by atoms with Crippen LogP contribution >= 0.6 is 0 Å². The minimum atomic E-state index is 0.572. The molecule has 1 aromatic rings. The number of amidine groups is 1. The summed E-state index contributed by atoms with van der Waals surface area (Å²) in [4.78, 5) is 2.09. The zero-order valence-electron chi connectivity index (χ0n) is 8.92. The van der Waals surface area contributed by atoms with Crippen LogP contribution in [0.4, 0.5) is 0 Å². The van der Waals surface area contributed by atoms with Crippen LogP contribution in [0, 0.1) is 5.41 Å². The van der Waals surface area contributed by atoms with E-state index in [1.54, 1.807) is 12.5 Å². The maximum atomic E-state index is 7.98. The van der Waals surface area contributed by atoms with Crippen LogP contribution in [0.5, 0.6) is 0 Å². The van der Waals surface area contributed by atoms with Gasteiger partial charge in [0.05, 0.1) is 11.8 Å². The van der Waals surface area contributed by atoms with E-state index in [1.807, 2.05) is 6.07 Å². The fourth-order valence-electron chi connectivity index (χ4n) is 1.46. The van der Waals surface area contributed by atoms with Gasteiger partial charge in [-0.3, -0.25) is 5.41 Å². The van der Waals surface area contributed by atoms with E-state index in [-0.39, 0.29) is 0 Å². The highest BCUT2D eigenvalue weighted by Crippen LogP contribution is 2.06. The van der Waals surface area contributed by atoms with Gasteiger partial charge in [-0.05, 0) is 18.9 Å². The van der Waals surface area contributed by atoms with Gasteiger partial charge in [0.2, 0.25) is 0 Å². The molecule has 3 nitrogen and oxygen atoms in total. The average molecular weight is 194 g/mol. The molecule has 0 radical (unpaired) electrons. The smallest absolute Gasteiger partial charge is 0.131 e. The van der Waals surface area contributed by atoms with E-state index in [1.165, 1.54) is 0 Å². The second-order valence-corrected chi connectivity index (χ2v) is 3.35. The van der Waals surface area contributed by atoms with Crippen molar-refractivity contribution < 1.29 is 4.42 Å². The van der Waals surface area contributed by atoms with Crippen molar-refractivity contribution >= 4 is 5.84 Å². The van der Waals surface area contributed by atoms with E-state index in [0.717, 1.165) is 31.5 Å². The van der Waals surface area contributed by atoms with E-state index in [0.29, 0.717) is 5.84 Å². The Hall–Kier alpha value is -1.25. The van der Waals surface area contributed by atoms with Crippen LogP contribution in [-0.4, -0.2) is 23.8 Å². The molecule has 1 aromatic heterocycles. The Balaban J connectivity index is 2.63. The van der Waals surface area contributed by atoms with Gasteiger partial charge >= 0.3 is 0 Å². The van der Waals surface area contributed by atoms with Crippen LogP contribution in [0.3, 0.4) is 0 Å². The van der Waals surface area contributed by atoms with Gasteiger partial charge in [-0.15, -0.1) is 0 Å². The third-order valence-electron chi connectivity index (χ3n) is 2.10. The minimum Gasteiger partial charge on any atom is -0.472 e. The molecule has 0 aliphatic heterocycles. The molecule has 0 aliphatic rings. The summed E-state index contributed by atoms with van der Waals surface area (Å²) in [6, 6.07) is 1.83. The molecule has 3 heteroatoms. The quantitative estimate of drug-likeness (QED) is 0.578. The van der Waals surface area contributed by atoms with Crippen LogP contribution in [0.15, 0.2) is 23.0 Å². The first-order valence-electron chi connectivity index (χ1n) is 5.15. The highest BCUT2D eigenvalue weighted by Gasteiger charge is 2.10. The predicted octanol–water partition coefficient (Wildman–Crippen LogP) is 2.73. The molecule has 0 fully saturated rings. The molecule has 0 saturated carbocycles. The number of nitrogens with zero attached hydrogens (tertiary/aromatic N) is 1. The SMILES string of the molecule is CCCN(CCC)C(=N)c1ccoc1. The Kier molecular flexibility index (Phi) is 4.23. The molecule has 1 N–H and O–H groups in total. The molecule has 1 rings (SSSR count). The van der Waals surface area contributed by atoms with E-state index in [9.17, 15) is 0 Å². The maximum Gasteiger partial charge on any atom is 0.131 e. The Morgan fingerprint density at radius 3 is 2.43 bits per heavy atom. The van der Waals surface area contributed by atoms with E-state index in [4.69, 9.17) is 9.83 Å². The highest BCUT2D eigenvalue weighted by molar-refractivity contribution is 5.95. The van der Waals surface area contributed by atoms with Gasteiger partial charge < -0.3 is 9.32 Å². The number of hydrogen-bond donors (Lipinski definition) is 1. The first kappa shape index (κ1) is 10.8. The minimum absolute atomic E-state index is 0.572. The zero-order valence-corrected chi connectivity index (χ0v) is 8.92. The van der Waals surface area contributed by atoms with Crippen LogP contribution in [0.2, 0.25) is 0 Å². The summed E-state index contributed by atoms with van der Waals surface area (Å²) in [6.07, 6.45) is 5.38. The van der Waals surface area contributed by atoms with Crippen LogP contribution in [0.25, 0.3) is 0 Å². The van der Waals surface area contributed by atoms with Gasteiger partial charge in [-0.2, -0.15) is 0 Å². The van der Waals surface area contributed by atoms with Crippen molar-refractivity contribution in [3.05, 3.63) is 24.2 Å². The van der Waals surface area contributed by atoms with Gasteiger partial charge in [0.25, 0.3) is 0 Å². The molecule has 0 atom stereocenters. The molecular weight excluding hydrogens is 176 g/mol. The second kappa shape index (κ2) is 5.47. The topological polar surface area (TPSA) is 40.2 Å². The van der Waals surface area contributed by atoms with Crippen LogP contribution < -0.4 is 0 Å². The van der Waals surface area contributed by atoms with Crippen molar-refractivity contribution in [3.63, 3.8) is 0 Å². The summed E-state index contributed by atoms with van der Waals surface area (Å²) in [5, 5.41) is 7.98. The summed E-state index contributed by atoms with van der Waals surface area (Å²) in [5.74, 6) is 0.572. The summed E-state index contributed by atoms with van der Waals surface area (Å²) in [7, 11) is 0. The summed E-state index contributed by atoms with van der Waals surface area (Å²) >= 11 is 0. The highest BCUT2D eigenvalue weighted by atomic mass is 16.3. The molecule has 78 valence electrons. The summed E-state index contributed by atoms with van der Waals surface area (Å²) in [5.41, 5.74) is 0.868. The number of nitrogens with one attached hydrogen (secondary N) is 1. The van der Waals surface area contributed by atoms with Gasteiger partial charge in [-0.1, -0.05) is 13.8 Å².